The van der Waals surface area contributed by atoms with Crippen molar-refractivity contribution in [3.8, 4) is 17.5 Å². The van der Waals surface area contributed by atoms with Gasteiger partial charge in [0.2, 0.25) is 39.2 Å². The van der Waals surface area contributed by atoms with Crippen LogP contribution in [0.25, 0.3) is 10.8 Å². The van der Waals surface area contributed by atoms with E-state index in [1.54, 1.807) is 38.1 Å². The van der Waals surface area contributed by atoms with Gasteiger partial charge in [0, 0.05) is 23.3 Å². The number of hydrogen-bond acceptors (Lipinski definition) is 12. The van der Waals surface area contributed by atoms with Gasteiger partial charge in [0.1, 0.15) is 29.5 Å². The predicted octanol–water partition coefficient (Wildman–Crippen LogP) is 4.76. The third-order valence-corrected chi connectivity index (χ3v) is 14.8. The highest BCUT2D eigenvalue weighted by atomic mass is 32.2. The molecule has 2 aliphatic carbocycles. The second kappa shape index (κ2) is 16.7. The molecule has 16 nitrogen and oxygen atoms in total. The summed E-state index contributed by atoms with van der Waals surface area (Å²) in [5, 5.41) is 6.49. The van der Waals surface area contributed by atoms with E-state index < -0.39 is 92.2 Å². The van der Waals surface area contributed by atoms with Crippen LogP contribution in [0.5, 0.6) is 17.5 Å². The molecular formula is C42H54F3N5O11S. The van der Waals surface area contributed by atoms with E-state index in [2.05, 4.69) is 15.4 Å². The van der Waals surface area contributed by atoms with Crippen LogP contribution in [0.3, 0.4) is 0 Å². The average molecular weight is 894 g/mol. The summed E-state index contributed by atoms with van der Waals surface area (Å²) in [6, 6.07) is 2.29. The number of benzene rings is 1. The van der Waals surface area contributed by atoms with Gasteiger partial charge in [-0.3, -0.25) is 19.1 Å². The summed E-state index contributed by atoms with van der Waals surface area (Å²) >= 11 is 0. The van der Waals surface area contributed by atoms with Crippen molar-refractivity contribution in [3.63, 3.8) is 0 Å². The predicted molar refractivity (Wildman–Crippen MR) is 217 cm³/mol. The van der Waals surface area contributed by atoms with Crippen LogP contribution in [0.1, 0.15) is 91.5 Å². The molecule has 0 bridgehead atoms. The minimum atomic E-state index is -4.95. The Balaban J connectivity index is 1.26. The Kier molecular flexibility index (Phi) is 12.2. The molecule has 20 heteroatoms. The van der Waals surface area contributed by atoms with Gasteiger partial charge in [-0.1, -0.05) is 19.1 Å². The summed E-state index contributed by atoms with van der Waals surface area (Å²) in [5.41, 5.74) is -3.77. The number of allylic oxidation sites excluding steroid dienone is 1. The maximum absolute atomic E-state index is 15.0. The zero-order valence-corrected chi connectivity index (χ0v) is 36.4. The second-order valence-corrected chi connectivity index (χ2v) is 19.8. The van der Waals surface area contributed by atoms with Gasteiger partial charge in [-0.15, -0.1) is 0 Å². The molecule has 1 saturated heterocycles. The van der Waals surface area contributed by atoms with Crippen molar-refractivity contribution in [2.24, 2.45) is 5.92 Å². The number of ether oxygens (including phenoxy) is 5. The van der Waals surface area contributed by atoms with E-state index in [1.807, 2.05) is 6.07 Å². The van der Waals surface area contributed by atoms with Crippen molar-refractivity contribution in [1.82, 2.24) is 25.2 Å². The van der Waals surface area contributed by atoms with E-state index in [1.165, 1.54) is 14.0 Å². The van der Waals surface area contributed by atoms with Crippen LogP contribution >= 0.6 is 0 Å². The zero-order valence-electron chi connectivity index (χ0n) is 35.6. The Morgan fingerprint density at radius 2 is 1.89 bits per heavy atom. The largest absolute Gasteiger partial charge is 0.497 e. The van der Waals surface area contributed by atoms with Crippen LogP contribution in [-0.2, 0) is 40.3 Å². The van der Waals surface area contributed by atoms with Crippen LogP contribution in [0.2, 0.25) is 0 Å². The molecule has 3 fully saturated rings. The molecular weight excluding hydrogens is 840 g/mol. The number of amides is 4. The molecule has 340 valence electrons. The van der Waals surface area contributed by atoms with Gasteiger partial charge in [0.25, 0.3) is 5.91 Å². The van der Waals surface area contributed by atoms with E-state index in [9.17, 15) is 40.8 Å². The van der Waals surface area contributed by atoms with E-state index in [0.29, 0.717) is 69.6 Å². The van der Waals surface area contributed by atoms with Crippen molar-refractivity contribution >= 4 is 44.6 Å². The monoisotopic (exact) mass is 893 g/mol. The number of nitrogens with zero attached hydrogens (tertiary/aromatic N) is 2. The Labute approximate surface area is 358 Å². The summed E-state index contributed by atoms with van der Waals surface area (Å²) in [7, 11) is -2.57. The normalized spacial score (nSPS) is 29.3. The highest BCUT2D eigenvalue weighted by molar-refractivity contribution is 7.91. The lowest BCUT2D eigenvalue weighted by atomic mass is 10.0. The number of carbonyl (C=O) groups excluding carboxylic acids is 4. The minimum Gasteiger partial charge on any atom is -0.497 e. The molecule has 5 aliphatic rings. The second-order valence-electron chi connectivity index (χ2n) is 17.6. The molecule has 4 amide bonds. The fourth-order valence-electron chi connectivity index (χ4n) is 8.20. The van der Waals surface area contributed by atoms with E-state index in [4.69, 9.17) is 28.7 Å². The first-order valence-corrected chi connectivity index (χ1v) is 22.5. The van der Waals surface area contributed by atoms with Gasteiger partial charge in [-0.05, 0) is 103 Å². The third kappa shape index (κ3) is 8.85. The number of fused-ring (bicyclic) bond motifs is 5. The molecule has 7 rings (SSSR count). The van der Waals surface area contributed by atoms with Gasteiger partial charge in [-0.25, -0.2) is 13.2 Å². The Bertz CT molecular complexity index is 2250. The quantitative estimate of drug-likeness (QED) is 0.292. The smallest absolute Gasteiger partial charge is 0.427 e. The van der Waals surface area contributed by atoms with Crippen molar-refractivity contribution in [2.45, 2.75) is 145 Å². The van der Waals surface area contributed by atoms with E-state index in [0.717, 1.165) is 22.3 Å². The van der Waals surface area contributed by atoms with Crippen molar-refractivity contribution in [2.75, 3.05) is 20.3 Å². The lowest BCUT2D eigenvalue weighted by molar-refractivity contribution is -0.244. The standard InChI is InChI=1S/C42H54F3N5O11S/c1-7-31-32(46-38(54)61-39(3,4)42(43,44)45)36(52)50-22-26(60-35-28-15-14-25(57-6)19-29(28)27-13-10-18-58-34(27)47-35)20-30(50)33(51)48-41(21-24(41)12-9-8-11-23(2)59-31)37(53)49-62(55,56)40(5)16-17-40/h9,12,14-15,19,23-24,26,30-32H,7-8,10-11,13,16-18,20-22H2,1-6H3,(H,46,54)(H,48,51)(H,49,53)/b12-9-/t23-,24+,26+,30-,31-,32-,41+/m0/s1. The van der Waals surface area contributed by atoms with Crippen LogP contribution in [0, 0.1) is 5.92 Å². The Morgan fingerprint density at radius 3 is 2.56 bits per heavy atom. The third-order valence-electron chi connectivity index (χ3n) is 12.6. The number of alkyl halides is 3. The summed E-state index contributed by atoms with van der Waals surface area (Å²) in [6.45, 7) is 6.43. The average Bonchev–Trinajstić information content (AvgIpc) is 4.09. The molecule has 7 atom stereocenters. The van der Waals surface area contributed by atoms with E-state index >= 15 is 0 Å². The molecule has 0 radical (unpaired) electrons. The van der Waals surface area contributed by atoms with E-state index in [-0.39, 0.29) is 31.7 Å². The number of methoxy groups -OCH3 is 1. The summed E-state index contributed by atoms with van der Waals surface area (Å²) < 4.78 is 98.2. The van der Waals surface area contributed by atoms with Crippen molar-refractivity contribution in [3.05, 3.63) is 35.9 Å². The highest BCUT2D eigenvalue weighted by Crippen LogP contribution is 2.48. The number of carbonyl (C=O) groups is 4. The summed E-state index contributed by atoms with van der Waals surface area (Å²) in [5.74, 6) is -2.15. The molecule has 62 heavy (non-hydrogen) atoms. The van der Waals surface area contributed by atoms with Gasteiger partial charge >= 0.3 is 12.3 Å². The zero-order chi connectivity index (χ0) is 45.0. The molecule has 2 aromatic rings. The maximum atomic E-state index is 15.0. The molecule has 1 aromatic heterocycles. The first-order valence-electron chi connectivity index (χ1n) is 21.0. The molecule has 3 aliphatic heterocycles. The molecule has 4 heterocycles. The van der Waals surface area contributed by atoms with Crippen LogP contribution in [0.4, 0.5) is 18.0 Å². The maximum Gasteiger partial charge on any atom is 0.427 e. The molecule has 0 spiro atoms. The Hall–Kier alpha value is -4.85. The highest BCUT2D eigenvalue weighted by Gasteiger charge is 2.63. The number of sulfonamides is 1. The first-order chi connectivity index (χ1) is 29.1. The SMILES string of the molecule is CC[C@@H]1O[C@@H](C)CC/C=C\[C@@H]2C[C@@]2(C(=O)NS(=O)(=O)C2(C)CC2)NC(=O)[C@@H]2C[C@@H](Oc3nc4c(c5cc(OC)ccc35)CCCO4)CN2C(=O)[C@H]1NC(=O)OC(C)(C)C(F)(F)F. The number of rotatable bonds is 9. The molecule has 2 saturated carbocycles. The number of pyridine rings is 1. The van der Waals surface area contributed by atoms with Gasteiger partial charge in [0.05, 0.1) is 37.2 Å². The number of hydrogen-bond donors (Lipinski definition) is 3. The fraction of sp³-hybridized carbons (Fsp3) is 0.643. The van der Waals surface area contributed by atoms with Gasteiger partial charge < -0.3 is 39.2 Å². The Morgan fingerprint density at radius 1 is 1.15 bits per heavy atom. The van der Waals surface area contributed by atoms with Gasteiger partial charge in [0.15, 0.2) is 0 Å². The topological polar surface area (TPSA) is 201 Å². The van der Waals surface area contributed by atoms with Crippen LogP contribution < -0.4 is 29.6 Å². The van der Waals surface area contributed by atoms with Crippen LogP contribution in [0.15, 0.2) is 30.4 Å². The lowest BCUT2D eigenvalue weighted by Crippen LogP contribution is -2.61. The number of aromatic nitrogens is 1. The molecule has 0 unspecified atom stereocenters. The molecule has 1 aromatic carbocycles. The fourth-order valence-corrected chi connectivity index (χ4v) is 9.51. The first kappa shape index (κ1) is 45.2. The number of halogens is 3. The summed E-state index contributed by atoms with van der Waals surface area (Å²) in [4.78, 5) is 62.8. The number of alkyl carbamates (subject to hydrolysis) is 1. The number of nitrogens with one attached hydrogen (secondary N) is 3. The lowest BCUT2D eigenvalue weighted by Gasteiger charge is -2.35. The van der Waals surface area contributed by atoms with Crippen LogP contribution in [-0.4, -0.2) is 115 Å². The van der Waals surface area contributed by atoms with Crippen molar-refractivity contribution in [1.29, 1.82) is 0 Å². The summed E-state index contributed by atoms with van der Waals surface area (Å²) in [6.07, 6.45) is -2.57. The molecule has 3 N–H and O–H groups in total. The minimum absolute atomic E-state index is 0.0668. The van der Waals surface area contributed by atoms with Gasteiger partial charge in [-0.2, -0.15) is 18.2 Å². The number of aryl methyl sites for hydroxylation is 1. The van der Waals surface area contributed by atoms with Crippen molar-refractivity contribution < 1.29 is 64.5 Å².